The van der Waals surface area contributed by atoms with Crippen molar-refractivity contribution < 1.29 is 0 Å². The Bertz CT molecular complexity index is 394. The van der Waals surface area contributed by atoms with Gasteiger partial charge in [0.25, 0.3) is 0 Å². The molecule has 1 aromatic rings. The molecule has 0 radical (unpaired) electrons. The second-order valence-corrected chi connectivity index (χ2v) is 5.50. The Labute approximate surface area is 118 Å². The number of fused-ring (bicyclic) bond motifs is 1. The molecule has 1 heterocycles. The monoisotopic (exact) mass is 260 g/mol. The van der Waals surface area contributed by atoms with Gasteiger partial charge in [-0.2, -0.15) is 0 Å². The molecule has 1 aliphatic heterocycles. The van der Waals surface area contributed by atoms with E-state index in [4.69, 9.17) is 5.73 Å². The lowest BCUT2D eigenvalue weighted by atomic mass is 10.0. The van der Waals surface area contributed by atoms with Gasteiger partial charge in [-0.05, 0) is 74.9 Å². The number of hydrogen-bond donors (Lipinski definition) is 1. The standard InChI is InChI=1S/C15H22N2.C2H6/c16-14-6-3-12-4-7-15(8-5-13(12)11-14)17-9-1-2-10-17;1-2/h3,6,11,15H,1-2,4-5,7-10,16H2;1-2H3. The summed E-state index contributed by atoms with van der Waals surface area (Å²) in [7, 11) is 0. The largest absolute Gasteiger partial charge is 0.399 e. The molecule has 1 aliphatic carbocycles. The van der Waals surface area contributed by atoms with E-state index in [1.807, 2.05) is 13.8 Å². The van der Waals surface area contributed by atoms with Crippen molar-refractivity contribution in [3.63, 3.8) is 0 Å². The van der Waals surface area contributed by atoms with Gasteiger partial charge in [0.2, 0.25) is 0 Å². The van der Waals surface area contributed by atoms with E-state index in [0.29, 0.717) is 0 Å². The van der Waals surface area contributed by atoms with E-state index in [1.165, 1.54) is 62.7 Å². The number of aryl methyl sites for hydroxylation is 2. The van der Waals surface area contributed by atoms with Gasteiger partial charge in [0.05, 0.1) is 0 Å². The van der Waals surface area contributed by atoms with Crippen molar-refractivity contribution in [3.05, 3.63) is 29.3 Å². The highest BCUT2D eigenvalue weighted by Crippen LogP contribution is 2.27. The molecule has 3 rings (SSSR count). The third kappa shape index (κ3) is 3.50. The molecule has 1 aromatic carbocycles. The van der Waals surface area contributed by atoms with Crippen LogP contribution in [0.3, 0.4) is 0 Å². The van der Waals surface area contributed by atoms with Crippen LogP contribution in [0.4, 0.5) is 5.69 Å². The van der Waals surface area contributed by atoms with Gasteiger partial charge in [-0.15, -0.1) is 0 Å². The van der Waals surface area contributed by atoms with Crippen LogP contribution in [-0.4, -0.2) is 24.0 Å². The zero-order valence-corrected chi connectivity index (χ0v) is 12.5. The van der Waals surface area contributed by atoms with Crippen LogP contribution in [0.25, 0.3) is 0 Å². The number of anilines is 1. The first kappa shape index (κ1) is 14.4. The normalized spacial score (nSPS) is 23.2. The summed E-state index contributed by atoms with van der Waals surface area (Å²) in [6.45, 7) is 6.65. The summed E-state index contributed by atoms with van der Waals surface area (Å²) in [6, 6.07) is 7.28. The molecule has 2 aliphatic rings. The first-order chi connectivity index (χ1) is 9.33. The van der Waals surface area contributed by atoms with Gasteiger partial charge in [-0.3, -0.25) is 0 Å². The first-order valence-electron chi connectivity index (χ1n) is 7.94. The van der Waals surface area contributed by atoms with Gasteiger partial charge in [-0.1, -0.05) is 19.9 Å². The molecule has 2 N–H and O–H groups in total. The maximum Gasteiger partial charge on any atom is 0.0316 e. The molecule has 0 amide bonds. The summed E-state index contributed by atoms with van der Waals surface area (Å²) in [4.78, 5) is 2.70. The summed E-state index contributed by atoms with van der Waals surface area (Å²) in [5.74, 6) is 0. The number of nitrogens with two attached hydrogens (primary N) is 1. The Balaban J connectivity index is 0.000000637. The summed E-state index contributed by atoms with van der Waals surface area (Å²) < 4.78 is 0. The van der Waals surface area contributed by atoms with Crippen LogP contribution in [0, 0.1) is 0 Å². The molecule has 19 heavy (non-hydrogen) atoms. The van der Waals surface area contributed by atoms with Crippen LogP contribution in [0.1, 0.15) is 50.7 Å². The zero-order chi connectivity index (χ0) is 13.7. The van der Waals surface area contributed by atoms with E-state index < -0.39 is 0 Å². The number of likely N-dealkylation sites (tertiary alicyclic amines) is 1. The lowest BCUT2D eigenvalue weighted by Crippen LogP contribution is -2.32. The predicted octanol–water partition coefficient (Wildman–Crippen LogP) is 3.64. The van der Waals surface area contributed by atoms with Crippen molar-refractivity contribution in [3.8, 4) is 0 Å². The molecule has 0 saturated carbocycles. The van der Waals surface area contributed by atoms with Crippen LogP contribution >= 0.6 is 0 Å². The topological polar surface area (TPSA) is 29.3 Å². The van der Waals surface area contributed by atoms with Crippen molar-refractivity contribution in [2.75, 3.05) is 18.8 Å². The Kier molecular flexibility index (Phi) is 5.26. The van der Waals surface area contributed by atoms with Crippen LogP contribution in [0.5, 0.6) is 0 Å². The molecule has 1 fully saturated rings. The van der Waals surface area contributed by atoms with Crippen molar-refractivity contribution in [2.45, 2.75) is 58.4 Å². The molecule has 106 valence electrons. The summed E-state index contributed by atoms with van der Waals surface area (Å²) in [5, 5.41) is 0. The minimum Gasteiger partial charge on any atom is -0.399 e. The zero-order valence-electron chi connectivity index (χ0n) is 12.5. The Hall–Kier alpha value is -1.02. The molecular formula is C17H28N2. The molecule has 1 unspecified atom stereocenters. The van der Waals surface area contributed by atoms with Crippen molar-refractivity contribution >= 4 is 5.69 Å². The summed E-state index contributed by atoms with van der Waals surface area (Å²) in [6.07, 6.45) is 7.89. The molecule has 0 spiro atoms. The van der Waals surface area contributed by atoms with Gasteiger partial charge >= 0.3 is 0 Å². The highest BCUT2D eigenvalue weighted by atomic mass is 15.2. The van der Waals surface area contributed by atoms with Crippen LogP contribution in [0.2, 0.25) is 0 Å². The average molecular weight is 260 g/mol. The predicted molar refractivity (Wildman–Crippen MR) is 83.4 cm³/mol. The minimum absolute atomic E-state index is 0.811. The van der Waals surface area contributed by atoms with Gasteiger partial charge in [-0.25, -0.2) is 0 Å². The van der Waals surface area contributed by atoms with Gasteiger partial charge in [0.15, 0.2) is 0 Å². The quantitative estimate of drug-likeness (QED) is 0.617. The molecule has 0 aromatic heterocycles. The third-order valence-corrected chi connectivity index (χ3v) is 4.38. The third-order valence-electron chi connectivity index (χ3n) is 4.38. The van der Waals surface area contributed by atoms with Crippen molar-refractivity contribution in [1.29, 1.82) is 0 Å². The van der Waals surface area contributed by atoms with Gasteiger partial charge in [0, 0.05) is 11.7 Å². The average Bonchev–Trinajstić information content (AvgIpc) is 2.89. The summed E-state index contributed by atoms with van der Waals surface area (Å²) >= 11 is 0. The Morgan fingerprint density at radius 1 is 1.00 bits per heavy atom. The van der Waals surface area contributed by atoms with Crippen molar-refractivity contribution in [1.82, 2.24) is 4.90 Å². The molecule has 2 heteroatoms. The lowest BCUT2D eigenvalue weighted by molar-refractivity contribution is 0.222. The number of nitrogen functional groups attached to an aromatic ring is 1. The number of benzene rings is 1. The second kappa shape index (κ2) is 6.95. The fraction of sp³-hybridized carbons (Fsp3) is 0.647. The number of rotatable bonds is 1. The maximum atomic E-state index is 5.88. The number of hydrogen-bond acceptors (Lipinski definition) is 2. The molecule has 1 atom stereocenters. The number of nitrogens with zero attached hydrogens (tertiary/aromatic N) is 1. The Morgan fingerprint density at radius 3 is 2.32 bits per heavy atom. The fourth-order valence-electron chi connectivity index (χ4n) is 3.38. The molecule has 1 saturated heterocycles. The maximum absolute atomic E-state index is 5.88. The van der Waals surface area contributed by atoms with Crippen molar-refractivity contribution in [2.24, 2.45) is 0 Å². The summed E-state index contributed by atoms with van der Waals surface area (Å²) in [5.41, 5.74) is 9.82. The highest BCUT2D eigenvalue weighted by molar-refractivity contribution is 5.45. The highest BCUT2D eigenvalue weighted by Gasteiger charge is 2.24. The Morgan fingerprint density at radius 2 is 1.63 bits per heavy atom. The molecule has 2 nitrogen and oxygen atoms in total. The SMILES string of the molecule is CC.Nc1ccc2c(c1)CCC(N1CCCC1)CC2. The van der Waals surface area contributed by atoms with E-state index in [1.54, 1.807) is 0 Å². The van der Waals surface area contributed by atoms with E-state index >= 15 is 0 Å². The second-order valence-electron chi connectivity index (χ2n) is 5.50. The van der Waals surface area contributed by atoms with Crippen LogP contribution in [-0.2, 0) is 12.8 Å². The van der Waals surface area contributed by atoms with E-state index in [9.17, 15) is 0 Å². The van der Waals surface area contributed by atoms with Crippen LogP contribution < -0.4 is 5.73 Å². The van der Waals surface area contributed by atoms with E-state index in [2.05, 4.69) is 23.1 Å². The van der Waals surface area contributed by atoms with Crippen LogP contribution in [0.15, 0.2) is 18.2 Å². The molecule has 0 bridgehead atoms. The van der Waals surface area contributed by atoms with E-state index in [-0.39, 0.29) is 0 Å². The first-order valence-corrected chi connectivity index (χ1v) is 7.94. The smallest absolute Gasteiger partial charge is 0.0316 e. The van der Waals surface area contributed by atoms with Gasteiger partial charge in [0.1, 0.15) is 0 Å². The van der Waals surface area contributed by atoms with E-state index in [0.717, 1.165) is 11.7 Å². The minimum atomic E-state index is 0.811. The molecular weight excluding hydrogens is 232 g/mol. The fourth-order valence-corrected chi connectivity index (χ4v) is 3.38. The van der Waals surface area contributed by atoms with Gasteiger partial charge < -0.3 is 10.6 Å². The lowest BCUT2D eigenvalue weighted by Gasteiger charge is -2.25.